The normalized spacial score (nSPS) is 11.1. The van der Waals surface area contributed by atoms with Crippen LogP contribution in [-0.2, 0) is 0 Å². The van der Waals surface area contributed by atoms with Crippen LogP contribution in [0.2, 0.25) is 0 Å². The number of aromatic nitrogens is 1. The van der Waals surface area contributed by atoms with E-state index in [0.29, 0.717) is 17.8 Å². The van der Waals surface area contributed by atoms with E-state index in [0.717, 1.165) is 11.3 Å². The Kier molecular flexibility index (Phi) is 4.65. The first-order chi connectivity index (χ1) is 8.51. The summed E-state index contributed by atoms with van der Waals surface area (Å²) in [7, 11) is 0. The van der Waals surface area contributed by atoms with Gasteiger partial charge in [0.2, 0.25) is 0 Å². The molecular formula is C13H19N3O2. The Morgan fingerprint density at radius 3 is 2.44 bits per heavy atom. The van der Waals surface area contributed by atoms with E-state index in [9.17, 15) is 10.2 Å². The van der Waals surface area contributed by atoms with Crippen LogP contribution in [0.4, 0.5) is 5.82 Å². The molecule has 1 heterocycles. The van der Waals surface area contributed by atoms with E-state index in [1.54, 1.807) is 0 Å². The van der Waals surface area contributed by atoms with Crippen molar-refractivity contribution in [3.8, 4) is 6.07 Å². The SMILES string of the molecule is CCC(CO)(CO)Nc1nc(C)cc(C)c1C#N. The Morgan fingerprint density at radius 1 is 1.39 bits per heavy atom. The molecule has 0 aliphatic heterocycles. The van der Waals surface area contributed by atoms with Crippen LogP contribution in [0.3, 0.4) is 0 Å². The van der Waals surface area contributed by atoms with Gasteiger partial charge in [-0.15, -0.1) is 0 Å². The number of hydrogen-bond donors (Lipinski definition) is 3. The minimum Gasteiger partial charge on any atom is -0.394 e. The zero-order chi connectivity index (χ0) is 13.8. The molecule has 0 spiro atoms. The van der Waals surface area contributed by atoms with E-state index >= 15 is 0 Å². The number of hydrogen-bond acceptors (Lipinski definition) is 5. The molecule has 1 rings (SSSR count). The van der Waals surface area contributed by atoms with Crippen molar-refractivity contribution in [2.75, 3.05) is 18.5 Å². The second-order valence-electron chi connectivity index (χ2n) is 4.49. The average molecular weight is 249 g/mol. The zero-order valence-electron chi connectivity index (χ0n) is 11.0. The van der Waals surface area contributed by atoms with Gasteiger partial charge in [0.05, 0.1) is 24.3 Å². The van der Waals surface area contributed by atoms with E-state index < -0.39 is 5.54 Å². The van der Waals surface area contributed by atoms with Crippen molar-refractivity contribution in [1.82, 2.24) is 4.98 Å². The Labute approximate surface area is 107 Å². The molecule has 0 unspecified atom stereocenters. The maximum atomic E-state index is 9.41. The molecule has 0 aliphatic rings. The number of pyridine rings is 1. The fraction of sp³-hybridized carbons (Fsp3) is 0.538. The number of rotatable bonds is 5. The standard InChI is InChI=1S/C13H19N3O2/c1-4-13(7-17,8-18)16-12-11(6-14)9(2)5-10(3)15-12/h5,17-18H,4,7-8H2,1-3H3,(H,15,16). The smallest absolute Gasteiger partial charge is 0.145 e. The lowest BCUT2D eigenvalue weighted by molar-refractivity contribution is 0.132. The third-order valence-corrected chi connectivity index (χ3v) is 3.12. The molecule has 1 aromatic heterocycles. The van der Waals surface area contributed by atoms with Crippen LogP contribution in [0.15, 0.2) is 6.07 Å². The fourth-order valence-electron chi connectivity index (χ4n) is 1.76. The minimum absolute atomic E-state index is 0.223. The van der Waals surface area contributed by atoms with Crippen LogP contribution in [0.1, 0.15) is 30.2 Å². The Morgan fingerprint density at radius 2 is 2.00 bits per heavy atom. The van der Waals surface area contributed by atoms with E-state index in [1.165, 1.54) is 0 Å². The third kappa shape index (κ3) is 2.78. The van der Waals surface area contributed by atoms with Crippen LogP contribution in [0.25, 0.3) is 0 Å². The van der Waals surface area contributed by atoms with Gasteiger partial charge in [0.15, 0.2) is 0 Å². The van der Waals surface area contributed by atoms with Gasteiger partial charge in [0.25, 0.3) is 0 Å². The van der Waals surface area contributed by atoms with Gasteiger partial charge < -0.3 is 15.5 Å². The van der Waals surface area contributed by atoms with Crippen LogP contribution in [0, 0.1) is 25.2 Å². The predicted octanol–water partition coefficient (Wildman–Crippen LogP) is 1.12. The van der Waals surface area contributed by atoms with Gasteiger partial charge in [-0.05, 0) is 31.9 Å². The largest absolute Gasteiger partial charge is 0.394 e. The molecule has 0 aliphatic carbocycles. The molecule has 5 heteroatoms. The van der Waals surface area contributed by atoms with Gasteiger partial charge in [-0.3, -0.25) is 0 Å². The van der Waals surface area contributed by atoms with Crippen molar-refractivity contribution < 1.29 is 10.2 Å². The van der Waals surface area contributed by atoms with Crippen molar-refractivity contribution >= 4 is 5.82 Å². The minimum atomic E-state index is -0.848. The first-order valence-electron chi connectivity index (χ1n) is 5.90. The second kappa shape index (κ2) is 5.80. The molecule has 0 saturated carbocycles. The number of nitrogens with zero attached hydrogens (tertiary/aromatic N) is 2. The number of anilines is 1. The highest BCUT2D eigenvalue weighted by atomic mass is 16.3. The van der Waals surface area contributed by atoms with Gasteiger partial charge in [-0.1, -0.05) is 6.92 Å². The summed E-state index contributed by atoms with van der Waals surface area (Å²) in [5.41, 5.74) is 1.21. The molecule has 0 aromatic carbocycles. The fourth-order valence-corrected chi connectivity index (χ4v) is 1.76. The summed E-state index contributed by atoms with van der Waals surface area (Å²) in [6, 6.07) is 3.93. The maximum absolute atomic E-state index is 9.41. The van der Waals surface area contributed by atoms with E-state index in [2.05, 4.69) is 16.4 Å². The quantitative estimate of drug-likeness (QED) is 0.727. The third-order valence-electron chi connectivity index (χ3n) is 3.12. The molecule has 0 radical (unpaired) electrons. The molecule has 0 saturated heterocycles. The monoisotopic (exact) mass is 249 g/mol. The maximum Gasteiger partial charge on any atom is 0.145 e. The van der Waals surface area contributed by atoms with E-state index in [4.69, 9.17) is 5.26 Å². The van der Waals surface area contributed by atoms with Gasteiger partial charge in [-0.25, -0.2) is 4.98 Å². The highest BCUT2D eigenvalue weighted by molar-refractivity contribution is 5.57. The lowest BCUT2D eigenvalue weighted by Gasteiger charge is -2.31. The molecule has 3 N–H and O–H groups in total. The summed E-state index contributed by atoms with van der Waals surface area (Å²) in [5, 5.41) is 31.0. The number of aliphatic hydroxyl groups is 2. The Balaban J connectivity index is 3.22. The van der Waals surface area contributed by atoms with Gasteiger partial charge in [0, 0.05) is 5.69 Å². The average Bonchev–Trinajstić information content (AvgIpc) is 2.35. The van der Waals surface area contributed by atoms with Crippen LogP contribution in [-0.4, -0.2) is 33.9 Å². The van der Waals surface area contributed by atoms with Crippen molar-refractivity contribution in [2.24, 2.45) is 0 Å². The van der Waals surface area contributed by atoms with Crippen molar-refractivity contribution in [1.29, 1.82) is 5.26 Å². The van der Waals surface area contributed by atoms with Gasteiger partial charge in [0.1, 0.15) is 11.9 Å². The lowest BCUT2D eigenvalue weighted by Crippen LogP contribution is -2.45. The van der Waals surface area contributed by atoms with Gasteiger partial charge in [-0.2, -0.15) is 5.26 Å². The molecule has 98 valence electrons. The van der Waals surface area contributed by atoms with Crippen molar-refractivity contribution in [3.05, 3.63) is 22.9 Å². The summed E-state index contributed by atoms with van der Waals surface area (Å²) >= 11 is 0. The highest BCUT2D eigenvalue weighted by Gasteiger charge is 2.28. The van der Waals surface area contributed by atoms with Gasteiger partial charge >= 0.3 is 0 Å². The number of aliphatic hydroxyl groups excluding tert-OH is 2. The molecule has 0 bridgehead atoms. The van der Waals surface area contributed by atoms with Crippen molar-refractivity contribution in [3.63, 3.8) is 0 Å². The zero-order valence-corrected chi connectivity index (χ0v) is 11.0. The molecule has 0 amide bonds. The Bertz CT molecular complexity index is 454. The summed E-state index contributed by atoms with van der Waals surface area (Å²) in [4.78, 5) is 4.28. The van der Waals surface area contributed by atoms with Crippen LogP contribution in [0.5, 0.6) is 0 Å². The van der Waals surface area contributed by atoms with Crippen molar-refractivity contribution in [2.45, 2.75) is 32.7 Å². The van der Waals surface area contributed by atoms with Crippen LogP contribution >= 0.6 is 0 Å². The molecule has 0 fully saturated rings. The molecule has 1 aromatic rings. The first-order valence-corrected chi connectivity index (χ1v) is 5.90. The Hall–Kier alpha value is -1.64. The lowest BCUT2D eigenvalue weighted by atomic mass is 9.97. The second-order valence-corrected chi connectivity index (χ2v) is 4.49. The molecule has 5 nitrogen and oxygen atoms in total. The number of nitrogens with one attached hydrogen (secondary N) is 1. The summed E-state index contributed by atoms with van der Waals surface area (Å²) in [6.07, 6.45) is 0.527. The summed E-state index contributed by atoms with van der Waals surface area (Å²) in [5.74, 6) is 0.417. The summed E-state index contributed by atoms with van der Waals surface area (Å²) < 4.78 is 0. The highest BCUT2D eigenvalue weighted by Crippen LogP contribution is 2.23. The van der Waals surface area contributed by atoms with Crippen LogP contribution < -0.4 is 5.32 Å². The molecular weight excluding hydrogens is 230 g/mol. The molecule has 18 heavy (non-hydrogen) atoms. The summed E-state index contributed by atoms with van der Waals surface area (Å²) in [6.45, 7) is 5.09. The molecule has 0 atom stereocenters. The predicted molar refractivity (Wildman–Crippen MR) is 69.2 cm³/mol. The first kappa shape index (κ1) is 14.4. The topological polar surface area (TPSA) is 89.2 Å². The number of nitriles is 1. The van der Waals surface area contributed by atoms with E-state index in [1.807, 2.05) is 26.8 Å². The van der Waals surface area contributed by atoms with E-state index in [-0.39, 0.29) is 13.2 Å². The number of aryl methyl sites for hydroxylation is 2.